The zero-order valence-corrected chi connectivity index (χ0v) is 29.2. The van der Waals surface area contributed by atoms with Gasteiger partial charge in [-0.25, -0.2) is 4.98 Å². The zero-order chi connectivity index (χ0) is 34.6. The summed E-state index contributed by atoms with van der Waals surface area (Å²) in [6, 6.07) is 67.1. The van der Waals surface area contributed by atoms with Crippen molar-refractivity contribution in [2.45, 2.75) is 0 Å². The fourth-order valence-electron chi connectivity index (χ4n) is 8.17. The fraction of sp³-hybridized carbons (Fsp3) is 0. The van der Waals surface area contributed by atoms with Crippen LogP contribution in [0.4, 0.5) is 0 Å². The molecule has 0 aliphatic carbocycles. The summed E-state index contributed by atoms with van der Waals surface area (Å²) in [5.41, 5.74) is 5.05. The minimum Gasteiger partial charge on any atom is -0.309 e. The number of fused-ring (bicyclic) bond motifs is 10. The fourth-order valence-corrected chi connectivity index (χ4v) is 10.9. The van der Waals surface area contributed by atoms with Gasteiger partial charge in [0.2, 0.25) is 0 Å². The van der Waals surface area contributed by atoms with Gasteiger partial charge in [0.15, 0.2) is 7.14 Å². The zero-order valence-electron chi connectivity index (χ0n) is 28.3. The van der Waals surface area contributed by atoms with Crippen molar-refractivity contribution in [3.8, 4) is 22.4 Å². The largest absolute Gasteiger partial charge is 0.309 e. The van der Waals surface area contributed by atoms with Crippen LogP contribution in [-0.2, 0) is 4.57 Å². The molecule has 0 N–H and O–H groups in total. The van der Waals surface area contributed by atoms with Crippen LogP contribution in [0.2, 0.25) is 0 Å². The molecule has 9 aromatic carbocycles. The van der Waals surface area contributed by atoms with Crippen molar-refractivity contribution in [2.24, 2.45) is 0 Å². The predicted octanol–water partition coefficient (Wildman–Crippen LogP) is 11.8. The Kier molecular flexibility index (Phi) is 7.13. The molecule has 0 amide bonds. The van der Waals surface area contributed by atoms with Gasteiger partial charge < -0.3 is 4.57 Å². The van der Waals surface area contributed by atoms with Gasteiger partial charge in [-0.3, -0.25) is 0 Å². The molecule has 10 rings (SSSR count). The quantitative estimate of drug-likeness (QED) is 0.134. The molecule has 244 valence electrons. The van der Waals surface area contributed by atoms with E-state index in [9.17, 15) is 0 Å². The molecule has 0 unspecified atom stereocenters. The lowest BCUT2D eigenvalue weighted by Gasteiger charge is -2.21. The van der Waals surface area contributed by atoms with Crippen LogP contribution in [0, 0.1) is 0 Å². The summed E-state index contributed by atoms with van der Waals surface area (Å²) in [6.07, 6.45) is 0. The van der Waals surface area contributed by atoms with Crippen LogP contribution in [0.3, 0.4) is 0 Å². The maximum atomic E-state index is 15.4. The summed E-state index contributed by atoms with van der Waals surface area (Å²) in [7, 11) is -3.18. The molecule has 0 spiro atoms. The Bertz CT molecular complexity index is 2990. The molecule has 0 saturated carbocycles. The van der Waals surface area contributed by atoms with Gasteiger partial charge in [-0.2, -0.15) is 0 Å². The molecule has 0 atom stereocenters. The number of nitrogens with zero attached hydrogens (tertiary/aromatic N) is 1. The highest BCUT2D eigenvalue weighted by Gasteiger charge is 2.30. The van der Waals surface area contributed by atoms with E-state index in [0.717, 1.165) is 60.0 Å². The molecular weight excluding hydrogens is 650 g/mol. The average Bonchev–Trinajstić information content (AvgIpc) is 3.23. The third-order valence-corrected chi connectivity index (χ3v) is 13.5. The molecular formula is C49H32NOP. The Hall–Kier alpha value is -6.34. The smallest absolute Gasteiger partial charge is 0.171 e. The molecule has 52 heavy (non-hydrogen) atoms. The van der Waals surface area contributed by atoms with Crippen LogP contribution in [0.5, 0.6) is 0 Å². The van der Waals surface area contributed by atoms with Crippen molar-refractivity contribution in [1.29, 1.82) is 0 Å². The van der Waals surface area contributed by atoms with Crippen molar-refractivity contribution in [3.05, 3.63) is 194 Å². The third kappa shape index (κ3) is 4.65. The van der Waals surface area contributed by atoms with Gasteiger partial charge >= 0.3 is 0 Å². The molecule has 0 bridgehead atoms. The van der Waals surface area contributed by atoms with Gasteiger partial charge in [0.05, 0.1) is 11.2 Å². The first kappa shape index (κ1) is 30.5. The summed E-state index contributed by atoms with van der Waals surface area (Å²) in [5.74, 6) is 0. The van der Waals surface area contributed by atoms with Gasteiger partial charge in [0.25, 0.3) is 0 Å². The van der Waals surface area contributed by atoms with Crippen LogP contribution >= 0.6 is 7.14 Å². The lowest BCUT2D eigenvalue weighted by molar-refractivity contribution is 0.592. The van der Waals surface area contributed by atoms with Crippen molar-refractivity contribution in [1.82, 2.24) is 4.98 Å². The Morgan fingerprint density at radius 2 is 0.788 bits per heavy atom. The first-order valence-corrected chi connectivity index (χ1v) is 19.4. The Labute approximate surface area is 302 Å². The molecule has 0 aliphatic rings. The van der Waals surface area contributed by atoms with Crippen LogP contribution in [0.25, 0.3) is 76.4 Å². The van der Waals surface area contributed by atoms with E-state index in [-0.39, 0.29) is 0 Å². The van der Waals surface area contributed by atoms with Crippen LogP contribution < -0.4 is 15.9 Å². The third-order valence-electron chi connectivity index (χ3n) is 10.5. The minimum absolute atomic E-state index is 0.806. The molecule has 0 radical (unpaired) electrons. The molecule has 0 aliphatic heterocycles. The van der Waals surface area contributed by atoms with Gasteiger partial charge in [-0.05, 0) is 55.6 Å². The second kappa shape index (κ2) is 12.2. The second-order valence-electron chi connectivity index (χ2n) is 13.4. The number of benzene rings is 9. The van der Waals surface area contributed by atoms with Crippen LogP contribution in [0.1, 0.15) is 0 Å². The summed E-state index contributed by atoms with van der Waals surface area (Å²) in [5, 5.41) is 13.1. The number of rotatable bonds is 5. The standard InChI is InChI=1S/C49H32NOP/c51-52(35-20-6-2-7-21-35,36-22-8-3-9-23-36)37-24-16-19-34(31-37)44-32-45-46(41-28-13-12-27-40(41)44)47-42-29-14-10-25-38(42)39-26-11-15-30-43(39)48(47)49(50-45)33-17-4-1-5-18-33/h1-32H. The maximum Gasteiger partial charge on any atom is 0.171 e. The molecule has 2 nitrogen and oxygen atoms in total. The van der Waals surface area contributed by atoms with E-state index in [0.29, 0.717) is 0 Å². The Balaban J connectivity index is 1.33. The minimum atomic E-state index is -3.18. The summed E-state index contributed by atoms with van der Waals surface area (Å²) < 4.78 is 15.4. The monoisotopic (exact) mass is 681 g/mol. The topological polar surface area (TPSA) is 30.0 Å². The van der Waals surface area contributed by atoms with Crippen molar-refractivity contribution in [2.75, 3.05) is 0 Å². The van der Waals surface area contributed by atoms with Gasteiger partial charge in [-0.15, -0.1) is 0 Å². The Morgan fingerprint density at radius 1 is 0.346 bits per heavy atom. The van der Waals surface area contributed by atoms with E-state index in [2.05, 4.69) is 121 Å². The highest BCUT2D eigenvalue weighted by Crippen LogP contribution is 2.47. The SMILES string of the molecule is O=P(c1ccccc1)(c1ccccc1)c1cccc(-c2cc3nc(-c4ccccc4)c4c5ccccc5c5ccccc5c4c3c3ccccc23)c1. The first-order valence-electron chi connectivity index (χ1n) is 17.7. The maximum absolute atomic E-state index is 15.4. The van der Waals surface area contributed by atoms with Gasteiger partial charge in [-0.1, -0.05) is 182 Å². The number of pyridine rings is 1. The molecule has 0 fully saturated rings. The van der Waals surface area contributed by atoms with Gasteiger partial charge in [0.1, 0.15) is 0 Å². The lowest BCUT2D eigenvalue weighted by Crippen LogP contribution is -2.25. The van der Waals surface area contributed by atoms with Crippen LogP contribution in [-0.4, -0.2) is 4.98 Å². The Morgan fingerprint density at radius 3 is 1.38 bits per heavy atom. The van der Waals surface area contributed by atoms with E-state index < -0.39 is 7.14 Å². The van der Waals surface area contributed by atoms with E-state index in [4.69, 9.17) is 4.98 Å². The van der Waals surface area contributed by atoms with Crippen molar-refractivity contribution >= 4 is 77.0 Å². The predicted molar refractivity (Wildman–Crippen MR) is 222 cm³/mol. The lowest BCUT2D eigenvalue weighted by atomic mass is 9.87. The molecule has 0 saturated heterocycles. The molecule has 10 aromatic rings. The van der Waals surface area contributed by atoms with E-state index in [1.807, 2.05) is 72.8 Å². The van der Waals surface area contributed by atoms with Crippen LogP contribution in [0.15, 0.2) is 194 Å². The summed E-state index contributed by atoms with van der Waals surface area (Å²) in [4.78, 5) is 5.58. The summed E-state index contributed by atoms with van der Waals surface area (Å²) in [6.45, 7) is 0. The van der Waals surface area contributed by atoms with E-state index in [1.165, 1.54) is 32.3 Å². The molecule has 1 aromatic heterocycles. The van der Waals surface area contributed by atoms with E-state index in [1.54, 1.807) is 0 Å². The normalized spacial score (nSPS) is 11.9. The van der Waals surface area contributed by atoms with Gasteiger partial charge in [0, 0.05) is 37.6 Å². The van der Waals surface area contributed by atoms with E-state index >= 15 is 4.57 Å². The molecule has 1 heterocycles. The molecule has 3 heteroatoms. The highest BCUT2D eigenvalue weighted by molar-refractivity contribution is 7.85. The first-order chi connectivity index (χ1) is 25.7. The highest BCUT2D eigenvalue weighted by atomic mass is 31.2. The van der Waals surface area contributed by atoms with Crippen molar-refractivity contribution in [3.63, 3.8) is 0 Å². The second-order valence-corrected chi connectivity index (χ2v) is 16.1. The number of aromatic nitrogens is 1. The number of hydrogen-bond donors (Lipinski definition) is 0. The van der Waals surface area contributed by atoms with Crippen molar-refractivity contribution < 1.29 is 4.57 Å². The summed E-state index contributed by atoms with van der Waals surface area (Å²) >= 11 is 0. The average molecular weight is 682 g/mol. The number of hydrogen-bond acceptors (Lipinski definition) is 2.